The first-order valence-electron chi connectivity index (χ1n) is 8.85. The quantitative estimate of drug-likeness (QED) is 0.267. The van der Waals surface area contributed by atoms with Crippen molar-refractivity contribution in [3.8, 4) is 0 Å². The molecule has 0 heterocycles. The van der Waals surface area contributed by atoms with Gasteiger partial charge in [-0.3, -0.25) is 4.79 Å². The summed E-state index contributed by atoms with van der Waals surface area (Å²) in [5.41, 5.74) is 6.50. The van der Waals surface area contributed by atoms with Crippen LogP contribution in [0.5, 0.6) is 0 Å². The first-order chi connectivity index (χ1) is 14.0. The van der Waals surface area contributed by atoms with Gasteiger partial charge in [-0.15, -0.1) is 0 Å². The van der Waals surface area contributed by atoms with Crippen LogP contribution in [-0.2, 0) is 0 Å². The molecule has 0 saturated carbocycles. The van der Waals surface area contributed by atoms with Crippen molar-refractivity contribution < 1.29 is 4.79 Å². The molecule has 29 heavy (non-hydrogen) atoms. The Hall–Kier alpha value is -3.03. The van der Waals surface area contributed by atoms with Gasteiger partial charge in [0.15, 0.2) is 5.11 Å². The summed E-state index contributed by atoms with van der Waals surface area (Å²) in [4.78, 5) is 12.2. The first kappa shape index (κ1) is 20.7. The minimum atomic E-state index is -0.257. The Bertz CT molecular complexity index is 1020. The van der Waals surface area contributed by atoms with Gasteiger partial charge >= 0.3 is 0 Å². The zero-order chi connectivity index (χ0) is 20.6. The molecule has 0 fully saturated rings. The lowest BCUT2D eigenvalue weighted by Crippen LogP contribution is -2.19. The Morgan fingerprint density at radius 3 is 2.00 bits per heavy atom. The number of hydrogen-bond donors (Lipinski definition) is 3. The summed E-state index contributed by atoms with van der Waals surface area (Å²) in [5.74, 6) is -0.257. The van der Waals surface area contributed by atoms with Gasteiger partial charge < -0.3 is 10.6 Å². The highest BCUT2D eigenvalue weighted by Gasteiger charge is 2.05. The van der Waals surface area contributed by atoms with Gasteiger partial charge in [0.1, 0.15) is 0 Å². The predicted molar refractivity (Wildman–Crippen MR) is 127 cm³/mol. The van der Waals surface area contributed by atoms with Crippen LogP contribution in [0.3, 0.4) is 0 Å². The Balaban J connectivity index is 1.57. The van der Waals surface area contributed by atoms with E-state index < -0.39 is 0 Å². The molecule has 7 heteroatoms. The topological polar surface area (TPSA) is 65.5 Å². The smallest absolute Gasteiger partial charge is 0.271 e. The normalized spacial score (nSPS) is 10.9. The summed E-state index contributed by atoms with van der Waals surface area (Å²) >= 11 is 8.68. The molecule has 0 unspecified atom stereocenters. The summed E-state index contributed by atoms with van der Waals surface area (Å²) in [7, 11) is 0. The maximum atomic E-state index is 12.2. The van der Waals surface area contributed by atoms with E-state index in [2.05, 4.69) is 37.1 Å². The number of hydrogen-bond acceptors (Lipinski definition) is 3. The fourth-order valence-electron chi connectivity index (χ4n) is 2.47. The van der Waals surface area contributed by atoms with E-state index in [-0.39, 0.29) is 5.91 Å². The van der Waals surface area contributed by atoms with Crippen LogP contribution < -0.4 is 16.1 Å². The zero-order valence-electron chi connectivity index (χ0n) is 15.6. The Kier molecular flexibility index (Phi) is 7.10. The van der Waals surface area contributed by atoms with E-state index in [0.717, 1.165) is 21.4 Å². The second kappa shape index (κ2) is 9.95. The minimum absolute atomic E-state index is 0.257. The molecule has 0 bridgehead atoms. The number of hydrazone groups is 1. The van der Waals surface area contributed by atoms with Crippen molar-refractivity contribution in [2.45, 2.75) is 6.92 Å². The van der Waals surface area contributed by atoms with Crippen LogP contribution >= 0.6 is 28.1 Å². The van der Waals surface area contributed by atoms with Gasteiger partial charge in [0.2, 0.25) is 0 Å². The number of amides is 1. The van der Waals surface area contributed by atoms with Gasteiger partial charge in [0.25, 0.3) is 5.91 Å². The maximum absolute atomic E-state index is 12.2. The van der Waals surface area contributed by atoms with Gasteiger partial charge in [-0.05, 0) is 73.2 Å². The summed E-state index contributed by atoms with van der Waals surface area (Å²) in [6.07, 6.45) is 0. The average molecular weight is 467 g/mol. The van der Waals surface area contributed by atoms with Crippen LogP contribution in [0.4, 0.5) is 11.4 Å². The number of anilines is 2. The number of rotatable bonds is 5. The van der Waals surface area contributed by atoms with Gasteiger partial charge in [0.05, 0.1) is 5.71 Å². The number of carbonyl (C=O) groups excluding carboxylic acids is 1. The average Bonchev–Trinajstić information content (AvgIpc) is 2.73. The standard InChI is InChI=1S/C22H19BrN4OS/c1-15(26-27-21(28)17-7-11-18(23)12-8-17)16-9-13-20(14-10-16)25-22(29)24-19-5-3-2-4-6-19/h2-14H,1H3,(H,27,28)(H2,24,25,29)/b26-15-. The highest BCUT2D eigenvalue weighted by Crippen LogP contribution is 2.13. The lowest BCUT2D eigenvalue weighted by molar-refractivity contribution is 0.0955. The van der Waals surface area contributed by atoms with E-state index in [1.54, 1.807) is 12.1 Å². The van der Waals surface area contributed by atoms with E-state index in [4.69, 9.17) is 12.2 Å². The Morgan fingerprint density at radius 1 is 0.828 bits per heavy atom. The van der Waals surface area contributed by atoms with Crippen molar-refractivity contribution in [2.24, 2.45) is 5.10 Å². The molecule has 1 amide bonds. The molecular weight excluding hydrogens is 448 g/mol. The molecule has 0 saturated heterocycles. The molecule has 3 aromatic carbocycles. The van der Waals surface area contributed by atoms with Crippen LogP contribution in [0, 0.1) is 0 Å². The van der Waals surface area contributed by atoms with Gasteiger partial charge in [-0.25, -0.2) is 5.43 Å². The third-order valence-electron chi connectivity index (χ3n) is 4.02. The van der Waals surface area contributed by atoms with Gasteiger partial charge in [-0.2, -0.15) is 5.10 Å². The summed E-state index contributed by atoms with van der Waals surface area (Å²) in [5, 5.41) is 11.0. The minimum Gasteiger partial charge on any atom is -0.332 e. The van der Waals surface area contributed by atoms with Crippen LogP contribution in [0.15, 0.2) is 88.4 Å². The molecule has 0 spiro atoms. The van der Waals surface area contributed by atoms with Crippen molar-refractivity contribution in [3.05, 3.63) is 94.5 Å². The molecule has 146 valence electrons. The fraction of sp³-hybridized carbons (Fsp3) is 0.0455. The third kappa shape index (κ3) is 6.23. The Morgan fingerprint density at radius 2 is 1.38 bits per heavy atom. The maximum Gasteiger partial charge on any atom is 0.271 e. The highest BCUT2D eigenvalue weighted by molar-refractivity contribution is 9.10. The van der Waals surface area contributed by atoms with E-state index >= 15 is 0 Å². The SMILES string of the molecule is C/C(=N/NC(=O)c1ccc(Br)cc1)c1ccc(NC(=S)Nc2ccccc2)cc1. The van der Waals surface area contributed by atoms with Crippen LogP contribution in [0.2, 0.25) is 0 Å². The molecule has 0 radical (unpaired) electrons. The van der Waals surface area contributed by atoms with Crippen molar-refractivity contribution in [1.82, 2.24) is 5.43 Å². The fourth-order valence-corrected chi connectivity index (χ4v) is 2.97. The first-order valence-corrected chi connectivity index (χ1v) is 10.0. The van der Waals surface area contributed by atoms with Crippen molar-refractivity contribution in [1.29, 1.82) is 0 Å². The van der Waals surface area contributed by atoms with E-state index in [1.807, 2.05) is 73.7 Å². The van der Waals surface area contributed by atoms with Crippen LogP contribution in [0.25, 0.3) is 0 Å². The Labute approximate surface area is 183 Å². The van der Waals surface area contributed by atoms with Crippen molar-refractivity contribution >= 4 is 56.3 Å². The van der Waals surface area contributed by atoms with E-state index in [9.17, 15) is 4.79 Å². The number of carbonyl (C=O) groups is 1. The number of halogens is 1. The number of nitrogens with one attached hydrogen (secondary N) is 3. The molecule has 0 aromatic heterocycles. The molecular formula is C22H19BrN4OS. The predicted octanol–water partition coefficient (Wildman–Crippen LogP) is 5.41. The molecule has 0 aliphatic rings. The molecule has 3 N–H and O–H groups in total. The lowest BCUT2D eigenvalue weighted by atomic mass is 10.1. The summed E-state index contributed by atoms with van der Waals surface area (Å²) in [6.45, 7) is 1.84. The van der Waals surface area contributed by atoms with Crippen molar-refractivity contribution in [3.63, 3.8) is 0 Å². The van der Waals surface area contributed by atoms with Crippen molar-refractivity contribution in [2.75, 3.05) is 10.6 Å². The second-order valence-corrected chi connectivity index (χ2v) is 7.49. The lowest BCUT2D eigenvalue weighted by Gasteiger charge is -2.11. The second-order valence-electron chi connectivity index (χ2n) is 6.17. The molecule has 0 atom stereocenters. The number of para-hydroxylation sites is 1. The number of thiocarbonyl (C=S) groups is 1. The van der Waals surface area contributed by atoms with Gasteiger partial charge in [-0.1, -0.05) is 46.3 Å². The monoisotopic (exact) mass is 466 g/mol. The molecule has 0 aliphatic carbocycles. The summed E-state index contributed by atoms with van der Waals surface area (Å²) < 4.78 is 0.917. The highest BCUT2D eigenvalue weighted by atomic mass is 79.9. The molecule has 0 aliphatic heterocycles. The zero-order valence-corrected chi connectivity index (χ0v) is 18.0. The van der Waals surface area contributed by atoms with Crippen LogP contribution in [-0.4, -0.2) is 16.7 Å². The van der Waals surface area contributed by atoms with E-state index in [1.165, 1.54) is 0 Å². The van der Waals surface area contributed by atoms with Gasteiger partial charge in [0, 0.05) is 21.4 Å². The van der Waals surface area contributed by atoms with E-state index in [0.29, 0.717) is 16.4 Å². The molecule has 3 rings (SSSR count). The number of nitrogens with zero attached hydrogens (tertiary/aromatic N) is 1. The summed E-state index contributed by atoms with van der Waals surface area (Å²) in [6, 6.07) is 24.5. The molecule has 3 aromatic rings. The largest absolute Gasteiger partial charge is 0.332 e. The molecule has 5 nitrogen and oxygen atoms in total. The van der Waals surface area contributed by atoms with Crippen LogP contribution in [0.1, 0.15) is 22.8 Å². The third-order valence-corrected chi connectivity index (χ3v) is 4.76. The number of benzene rings is 3.